The zero-order valence-corrected chi connectivity index (χ0v) is 10.1. The molecule has 0 aliphatic heterocycles. The summed E-state index contributed by atoms with van der Waals surface area (Å²) in [5.41, 5.74) is 0.0792. The molecule has 2 nitrogen and oxygen atoms in total. The molecular formula is C14H12F3NO. The first kappa shape index (κ1) is 13.5. The Kier molecular flexibility index (Phi) is 3.57. The molecule has 1 aromatic heterocycles. The Morgan fingerprint density at radius 2 is 1.79 bits per heavy atom. The molecule has 1 N–H and O–H groups in total. The van der Waals surface area contributed by atoms with Crippen LogP contribution >= 0.6 is 0 Å². The molecule has 19 heavy (non-hydrogen) atoms. The molecule has 1 aromatic carbocycles. The predicted octanol–water partition coefficient (Wildman–Crippen LogP) is 3.49. The van der Waals surface area contributed by atoms with Gasteiger partial charge in [0.25, 0.3) is 0 Å². The van der Waals surface area contributed by atoms with Crippen molar-refractivity contribution >= 4 is 0 Å². The molecule has 0 saturated carbocycles. The van der Waals surface area contributed by atoms with Crippen molar-refractivity contribution in [2.24, 2.45) is 0 Å². The van der Waals surface area contributed by atoms with Crippen molar-refractivity contribution < 1.29 is 18.3 Å². The first-order valence-corrected chi connectivity index (χ1v) is 5.66. The number of pyridine rings is 1. The normalized spacial score (nSPS) is 13.3. The summed E-state index contributed by atoms with van der Waals surface area (Å²) in [7, 11) is 0. The molecule has 2 aromatic rings. The van der Waals surface area contributed by atoms with Crippen molar-refractivity contribution in [2.45, 2.75) is 19.2 Å². The van der Waals surface area contributed by atoms with E-state index in [1.165, 1.54) is 30.6 Å². The average Bonchev–Trinajstić information content (AvgIpc) is 2.37. The quantitative estimate of drug-likeness (QED) is 0.903. The Morgan fingerprint density at radius 1 is 1.11 bits per heavy atom. The van der Waals surface area contributed by atoms with Crippen molar-refractivity contribution in [1.82, 2.24) is 4.98 Å². The number of aromatic nitrogens is 1. The van der Waals surface area contributed by atoms with Gasteiger partial charge in [0.2, 0.25) is 0 Å². The highest BCUT2D eigenvalue weighted by molar-refractivity contribution is 5.39. The standard InChI is InChI=1S/C14H12F3NO/c1-9-6-7-18-8-11(9)13(19)10-4-2-3-5-12(10)14(15,16)17/h2-8,13,19H,1H3. The molecule has 2 rings (SSSR count). The molecule has 100 valence electrons. The third-order valence-corrected chi connectivity index (χ3v) is 2.93. The van der Waals surface area contributed by atoms with Gasteiger partial charge in [-0.1, -0.05) is 18.2 Å². The largest absolute Gasteiger partial charge is 0.416 e. The first-order valence-electron chi connectivity index (χ1n) is 5.66. The van der Waals surface area contributed by atoms with E-state index in [0.717, 1.165) is 6.07 Å². The second-order valence-corrected chi connectivity index (χ2v) is 4.22. The van der Waals surface area contributed by atoms with Crippen LogP contribution in [0.1, 0.15) is 28.4 Å². The predicted molar refractivity (Wildman–Crippen MR) is 64.5 cm³/mol. The number of aliphatic hydroxyl groups excluding tert-OH is 1. The lowest BCUT2D eigenvalue weighted by Crippen LogP contribution is -2.13. The maximum Gasteiger partial charge on any atom is 0.416 e. The summed E-state index contributed by atoms with van der Waals surface area (Å²) in [5, 5.41) is 10.2. The summed E-state index contributed by atoms with van der Waals surface area (Å²) in [6, 6.07) is 6.66. The van der Waals surface area contributed by atoms with Crippen molar-refractivity contribution in [2.75, 3.05) is 0 Å². The van der Waals surface area contributed by atoms with Gasteiger partial charge < -0.3 is 5.11 Å². The highest BCUT2D eigenvalue weighted by Crippen LogP contribution is 2.36. The molecule has 0 fully saturated rings. The van der Waals surface area contributed by atoms with Crippen LogP contribution in [0.2, 0.25) is 0 Å². The van der Waals surface area contributed by atoms with Crippen LogP contribution in [-0.4, -0.2) is 10.1 Å². The van der Waals surface area contributed by atoms with Gasteiger partial charge in [0.05, 0.1) is 5.56 Å². The minimum absolute atomic E-state index is 0.161. The Morgan fingerprint density at radius 3 is 2.42 bits per heavy atom. The lowest BCUT2D eigenvalue weighted by Gasteiger charge is -2.18. The molecule has 0 aliphatic rings. The van der Waals surface area contributed by atoms with Gasteiger partial charge in [-0.15, -0.1) is 0 Å². The van der Waals surface area contributed by atoms with Crippen LogP contribution in [0.5, 0.6) is 0 Å². The van der Waals surface area contributed by atoms with Gasteiger partial charge in [-0.05, 0) is 30.2 Å². The van der Waals surface area contributed by atoms with E-state index in [1.807, 2.05) is 0 Å². The van der Waals surface area contributed by atoms with Crippen LogP contribution < -0.4 is 0 Å². The highest BCUT2D eigenvalue weighted by Gasteiger charge is 2.35. The molecule has 0 radical (unpaired) electrons. The summed E-state index contributed by atoms with van der Waals surface area (Å²) in [4.78, 5) is 3.84. The third-order valence-electron chi connectivity index (χ3n) is 2.93. The van der Waals surface area contributed by atoms with Crippen LogP contribution in [0.15, 0.2) is 42.7 Å². The van der Waals surface area contributed by atoms with Crippen LogP contribution in [-0.2, 0) is 6.18 Å². The van der Waals surface area contributed by atoms with Gasteiger partial charge in [-0.2, -0.15) is 13.2 Å². The van der Waals surface area contributed by atoms with E-state index in [0.29, 0.717) is 11.1 Å². The van der Waals surface area contributed by atoms with Crippen LogP contribution in [0.25, 0.3) is 0 Å². The fraction of sp³-hybridized carbons (Fsp3) is 0.214. The minimum Gasteiger partial charge on any atom is -0.384 e. The van der Waals surface area contributed by atoms with E-state index in [2.05, 4.69) is 4.98 Å². The number of benzene rings is 1. The molecule has 5 heteroatoms. The summed E-state index contributed by atoms with van der Waals surface area (Å²) >= 11 is 0. The topological polar surface area (TPSA) is 33.1 Å². The maximum atomic E-state index is 12.9. The fourth-order valence-corrected chi connectivity index (χ4v) is 1.92. The third kappa shape index (κ3) is 2.76. The van der Waals surface area contributed by atoms with E-state index < -0.39 is 17.8 Å². The smallest absolute Gasteiger partial charge is 0.384 e. The van der Waals surface area contributed by atoms with Crippen molar-refractivity contribution in [3.8, 4) is 0 Å². The Labute approximate surface area is 108 Å². The second kappa shape index (κ2) is 5.01. The lowest BCUT2D eigenvalue weighted by molar-refractivity contribution is -0.139. The average molecular weight is 267 g/mol. The monoisotopic (exact) mass is 267 g/mol. The molecule has 0 spiro atoms. The Balaban J connectivity index is 2.51. The van der Waals surface area contributed by atoms with Crippen molar-refractivity contribution in [3.63, 3.8) is 0 Å². The van der Waals surface area contributed by atoms with Gasteiger partial charge in [-0.3, -0.25) is 4.98 Å². The summed E-state index contributed by atoms with van der Waals surface area (Å²) in [6.45, 7) is 1.72. The number of halogens is 3. The van der Waals surface area contributed by atoms with Gasteiger partial charge in [-0.25, -0.2) is 0 Å². The summed E-state index contributed by atoms with van der Waals surface area (Å²) in [5.74, 6) is 0. The summed E-state index contributed by atoms with van der Waals surface area (Å²) in [6.07, 6.45) is -2.92. The zero-order valence-electron chi connectivity index (χ0n) is 10.1. The van der Waals surface area contributed by atoms with E-state index >= 15 is 0 Å². The molecule has 1 unspecified atom stereocenters. The van der Waals surface area contributed by atoms with Crippen LogP contribution in [0.3, 0.4) is 0 Å². The first-order chi connectivity index (χ1) is 8.91. The number of aryl methyl sites for hydroxylation is 1. The van der Waals surface area contributed by atoms with E-state index in [4.69, 9.17) is 0 Å². The van der Waals surface area contributed by atoms with Gasteiger partial charge in [0.15, 0.2) is 0 Å². The minimum atomic E-state index is -4.49. The van der Waals surface area contributed by atoms with Gasteiger partial charge in [0, 0.05) is 18.0 Å². The number of nitrogens with zero attached hydrogens (tertiary/aromatic N) is 1. The zero-order chi connectivity index (χ0) is 14.0. The molecule has 1 atom stereocenters. The lowest BCUT2D eigenvalue weighted by atomic mass is 9.95. The molecule has 0 amide bonds. The number of alkyl halides is 3. The molecule has 0 aliphatic carbocycles. The van der Waals surface area contributed by atoms with Crippen molar-refractivity contribution in [1.29, 1.82) is 0 Å². The molecule has 0 bridgehead atoms. The number of aliphatic hydroxyl groups is 1. The Hall–Kier alpha value is -1.88. The molecular weight excluding hydrogens is 255 g/mol. The second-order valence-electron chi connectivity index (χ2n) is 4.22. The Bertz CT molecular complexity index is 581. The molecule has 0 saturated heterocycles. The van der Waals surface area contributed by atoms with Crippen LogP contribution in [0, 0.1) is 6.92 Å². The number of hydrogen-bond donors (Lipinski definition) is 1. The van der Waals surface area contributed by atoms with Gasteiger partial charge in [0.1, 0.15) is 6.10 Å². The van der Waals surface area contributed by atoms with E-state index in [9.17, 15) is 18.3 Å². The van der Waals surface area contributed by atoms with Gasteiger partial charge >= 0.3 is 6.18 Å². The van der Waals surface area contributed by atoms with E-state index in [1.54, 1.807) is 13.0 Å². The van der Waals surface area contributed by atoms with Crippen molar-refractivity contribution in [3.05, 3.63) is 65.0 Å². The fourth-order valence-electron chi connectivity index (χ4n) is 1.92. The highest BCUT2D eigenvalue weighted by atomic mass is 19.4. The number of hydrogen-bond acceptors (Lipinski definition) is 2. The SMILES string of the molecule is Cc1ccncc1C(O)c1ccccc1C(F)(F)F. The van der Waals surface area contributed by atoms with E-state index in [-0.39, 0.29) is 5.56 Å². The number of rotatable bonds is 2. The van der Waals surface area contributed by atoms with Crippen LogP contribution in [0.4, 0.5) is 13.2 Å². The molecule has 1 heterocycles. The summed E-state index contributed by atoms with van der Waals surface area (Å²) < 4.78 is 38.7. The maximum absolute atomic E-state index is 12.9.